The molecule has 174 valence electrons. The number of ether oxygens (including phenoxy) is 4. The van der Waals surface area contributed by atoms with Crippen LogP contribution in [0.1, 0.15) is 0 Å². The van der Waals surface area contributed by atoms with E-state index >= 15 is 0 Å². The summed E-state index contributed by atoms with van der Waals surface area (Å²) >= 11 is 0. The van der Waals surface area contributed by atoms with E-state index in [-0.39, 0.29) is 0 Å². The number of hydrogen-bond donors (Lipinski definition) is 0. The van der Waals surface area contributed by atoms with E-state index < -0.39 is 0 Å². The summed E-state index contributed by atoms with van der Waals surface area (Å²) in [5, 5.41) is 4.28. The SMILES string of the molecule is COc1ccc(N(c2ccc(OC)cc2)N(c2ccc(OC)cc2)c2ccc(OC)cc2)cc1. The fourth-order valence-corrected chi connectivity index (χ4v) is 3.65. The van der Waals surface area contributed by atoms with E-state index in [1.807, 2.05) is 97.1 Å². The average Bonchev–Trinajstić information content (AvgIpc) is 2.92. The van der Waals surface area contributed by atoms with Crippen molar-refractivity contribution in [2.45, 2.75) is 0 Å². The van der Waals surface area contributed by atoms with Crippen molar-refractivity contribution >= 4 is 22.7 Å². The molecule has 34 heavy (non-hydrogen) atoms. The molecule has 0 unspecified atom stereocenters. The lowest BCUT2D eigenvalue weighted by Crippen LogP contribution is -2.35. The van der Waals surface area contributed by atoms with Gasteiger partial charge in [-0.2, -0.15) is 0 Å². The quantitative estimate of drug-likeness (QED) is 0.264. The predicted octanol–water partition coefficient (Wildman–Crippen LogP) is 6.61. The molecule has 0 aromatic heterocycles. The van der Waals surface area contributed by atoms with E-state index in [9.17, 15) is 0 Å². The van der Waals surface area contributed by atoms with Crippen LogP contribution in [0.5, 0.6) is 23.0 Å². The van der Waals surface area contributed by atoms with Gasteiger partial charge in [-0.15, -0.1) is 0 Å². The summed E-state index contributed by atoms with van der Waals surface area (Å²) < 4.78 is 21.6. The van der Waals surface area contributed by atoms with Crippen molar-refractivity contribution in [3.63, 3.8) is 0 Å². The summed E-state index contributed by atoms with van der Waals surface area (Å²) in [4.78, 5) is 0. The number of rotatable bonds is 9. The van der Waals surface area contributed by atoms with Crippen molar-refractivity contribution in [3.8, 4) is 23.0 Å². The molecule has 4 aromatic rings. The number of methoxy groups -OCH3 is 4. The Bertz CT molecular complexity index is 983. The maximum atomic E-state index is 5.39. The molecule has 0 N–H and O–H groups in total. The summed E-state index contributed by atoms with van der Waals surface area (Å²) in [6.45, 7) is 0. The first-order valence-electron chi connectivity index (χ1n) is 10.8. The van der Waals surface area contributed by atoms with Crippen LogP contribution in [0.2, 0.25) is 0 Å². The van der Waals surface area contributed by atoms with Crippen LogP contribution >= 0.6 is 0 Å². The van der Waals surface area contributed by atoms with Gasteiger partial charge in [0.2, 0.25) is 0 Å². The van der Waals surface area contributed by atoms with Gasteiger partial charge in [-0.1, -0.05) is 0 Å². The molecule has 0 heterocycles. The van der Waals surface area contributed by atoms with E-state index in [0.717, 1.165) is 45.7 Å². The predicted molar refractivity (Wildman–Crippen MR) is 136 cm³/mol. The van der Waals surface area contributed by atoms with Gasteiger partial charge in [-0.25, -0.2) is 10.0 Å². The summed E-state index contributed by atoms with van der Waals surface area (Å²) in [5.41, 5.74) is 3.82. The average molecular weight is 457 g/mol. The lowest BCUT2D eigenvalue weighted by Gasteiger charge is -2.38. The van der Waals surface area contributed by atoms with Crippen molar-refractivity contribution in [3.05, 3.63) is 97.1 Å². The number of anilines is 4. The minimum absolute atomic E-state index is 0.791. The van der Waals surface area contributed by atoms with Crippen LogP contribution in [-0.2, 0) is 0 Å². The van der Waals surface area contributed by atoms with Gasteiger partial charge in [0, 0.05) is 0 Å². The van der Waals surface area contributed by atoms with Gasteiger partial charge in [0.05, 0.1) is 51.2 Å². The molecule has 6 heteroatoms. The van der Waals surface area contributed by atoms with Gasteiger partial charge in [0.1, 0.15) is 23.0 Å². The molecular formula is C28H28N2O4. The number of hydrazine groups is 1. The second-order valence-electron chi connectivity index (χ2n) is 7.42. The molecule has 4 aromatic carbocycles. The Morgan fingerprint density at radius 2 is 0.500 bits per heavy atom. The summed E-state index contributed by atoms with van der Waals surface area (Å²) in [6, 6.07) is 31.9. The van der Waals surface area contributed by atoms with Gasteiger partial charge in [-0.05, 0) is 97.1 Å². The van der Waals surface area contributed by atoms with Gasteiger partial charge >= 0.3 is 0 Å². The third kappa shape index (κ3) is 4.86. The molecule has 0 radical (unpaired) electrons. The minimum atomic E-state index is 0.791. The highest BCUT2D eigenvalue weighted by Gasteiger charge is 2.22. The monoisotopic (exact) mass is 456 g/mol. The highest BCUT2D eigenvalue weighted by atomic mass is 16.5. The standard InChI is InChI=1S/C28H28N2O4/c1-31-25-13-5-21(6-14-25)29(22-7-15-26(32-2)16-8-22)30(23-9-17-27(33-3)18-10-23)24-11-19-28(34-4)20-12-24/h5-20H,1-4H3. The van der Waals surface area contributed by atoms with E-state index in [2.05, 4.69) is 10.0 Å². The maximum Gasteiger partial charge on any atom is 0.119 e. The van der Waals surface area contributed by atoms with Crippen LogP contribution in [0.4, 0.5) is 22.7 Å². The number of benzene rings is 4. The molecule has 0 aliphatic heterocycles. The number of hydrogen-bond acceptors (Lipinski definition) is 6. The van der Waals surface area contributed by atoms with E-state index in [1.165, 1.54) is 0 Å². The first-order valence-corrected chi connectivity index (χ1v) is 10.8. The molecular weight excluding hydrogens is 428 g/mol. The first-order chi connectivity index (χ1) is 16.7. The Balaban J connectivity index is 1.90. The molecule has 0 saturated heterocycles. The molecule has 0 aliphatic rings. The Hall–Kier alpha value is -4.32. The third-order valence-electron chi connectivity index (χ3n) is 5.47. The molecule has 0 fully saturated rings. The highest BCUT2D eigenvalue weighted by Crippen LogP contribution is 2.38. The topological polar surface area (TPSA) is 43.4 Å². The van der Waals surface area contributed by atoms with Gasteiger partial charge < -0.3 is 18.9 Å². The maximum absolute atomic E-state index is 5.39. The molecule has 0 atom stereocenters. The smallest absolute Gasteiger partial charge is 0.119 e. The lowest BCUT2D eigenvalue weighted by molar-refractivity contribution is 0.414. The van der Waals surface area contributed by atoms with Crippen LogP contribution < -0.4 is 29.0 Å². The summed E-state index contributed by atoms with van der Waals surface area (Å²) in [7, 11) is 6.66. The Morgan fingerprint density at radius 1 is 0.324 bits per heavy atom. The normalized spacial score (nSPS) is 10.4. The largest absolute Gasteiger partial charge is 0.497 e. The molecule has 0 aliphatic carbocycles. The zero-order valence-electron chi connectivity index (χ0n) is 19.8. The molecule has 0 bridgehead atoms. The van der Waals surface area contributed by atoms with Gasteiger partial charge in [-0.3, -0.25) is 0 Å². The van der Waals surface area contributed by atoms with Crippen molar-refractivity contribution in [1.82, 2.24) is 0 Å². The van der Waals surface area contributed by atoms with E-state index in [0.29, 0.717) is 0 Å². The summed E-state index contributed by atoms with van der Waals surface area (Å²) in [5.74, 6) is 3.16. The van der Waals surface area contributed by atoms with Gasteiger partial charge in [0.25, 0.3) is 0 Å². The highest BCUT2D eigenvalue weighted by molar-refractivity contribution is 5.78. The molecule has 0 saturated carbocycles. The van der Waals surface area contributed by atoms with E-state index in [4.69, 9.17) is 18.9 Å². The second-order valence-corrected chi connectivity index (χ2v) is 7.42. The van der Waals surface area contributed by atoms with Crippen molar-refractivity contribution in [2.75, 3.05) is 38.5 Å². The van der Waals surface area contributed by atoms with Crippen molar-refractivity contribution in [1.29, 1.82) is 0 Å². The molecule has 0 spiro atoms. The van der Waals surface area contributed by atoms with Crippen LogP contribution in [-0.4, -0.2) is 28.4 Å². The fourth-order valence-electron chi connectivity index (χ4n) is 3.65. The second kappa shape index (κ2) is 10.5. The lowest BCUT2D eigenvalue weighted by atomic mass is 10.2. The van der Waals surface area contributed by atoms with Gasteiger partial charge in [0.15, 0.2) is 0 Å². The Kier molecular flexibility index (Phi) is 7.08. The third-order valence-corrected chi connectivity index (χ3v) is 5.47. The van der Waals surface area contributed by atoms with Crippen LogP contribution in [0.25, 0.3) is 0 Å². The first kappa shape index (κ1) is 22.9. The Labute approximate surface area is 200 Å². The summed E-state index contributed by atoms with van der Waals surface area (Å²) in [6.07, 6.45) is 0. The number of nitrogens with zero attached hydrogens (tertiary/aromatic N) is 2. The zero-order valence-corrected chi connectivity index (χ0v) is 19.8. The minimum Gasteiger partial charge on any atom is -0.497 e. The Morgan fingerprint density at radius 3 is 0.647 bits per heavy atom. The van der Waals surface area contributed by atoms with E-state index in [1.54, 1.807) is 28.4 Å². The van der Waals surface area contributed by atoms with Crippen molar-refractivity contribution in [2.24, 2.45) is 0 Å². The molecule has 4 rings (SSSR count). The van der Waals surface area contributed by atoms with Crippen LogP contribution in [0.15, 0.2) is 97.1 Å². The zero-order chi connectivity index (χ0) is 23.9. The van der Waals surface area contributed by atoms with Crippen molar-refractivity contribution < 1.29 is 18.9 Å². The molecule has 6 nitrogen and oxygen atoms in total. The fraction of sp³-hybridized carbons (Fsp3) is 0.143. The molecule has 0 amide bonds. The van der Waals surface area contributed by atoms with Crippen LogP contribution in [0.3, 0.4) is 0 Å². The van der Waals surface area contributed by atoms with Crippen LogP contribution in [0, 0.1) is 0 Å².